The third-order valence-corrected chi connectivity index (χ3v) is 2.01. The number of hydrogen-bond acceptors (Lipinski definition) is 3. The van der Waals surface area contributed by atoms with Gasteiger partial charge in [-0.25, -0.2) is 14.1 Å². The molecule has 0 bridgehead atoms. The molecule has 0 radical (unpaired) electrons. The lowest BCUT2D eigenvalue weighted by Gasteiger charge is -2.12. The Balaban J connectivity index is 2.44. The second-order valence-electron chi connectivity index (χ2n) is 3.13. The Hall–Kier alpha value is -2.11. The number of urea groups is 1. The van der Waals surface area contributed by atoms with Crippen molar-refractivity contribution in [2.45, 2.75) is 0 Å². The number of carbonyl (C=O) groups excluding carboxylic acids is 2. The summed E-state index contributed by atoms with van der Waals surface area (Å²) in [5.41, 5.74) is 5.72. The van der Waals surface area contributed by atoms with Crippen LogP contribution < -0.4 is 16.0 Å². The van der Waals surface area contributed by atoms with E-state index in [0.29, 0.717) is 0 Å². The molecule has 1 aromatic carbocycles. The number of halogens is 1. The predicted molar refractivity (Wildman–Crippen MR) is 51.7 cm³/mol. The highest BCUT2D eigenvalue weighted by molar-refractivity contribution is 6.19. The van der Waals surface area contributed by atoms with Crippen molar-refractivity contribution in [3.63, 3.8) is 0 Å². The molecule has 1 aliphatic rings. The first-order chi connectivity index (χ1) is 7.08. The van der Waals surface area contributed by atoms with Crippen molar-refractivity contribution < 1.29 is 14.0 Å². The zero-order chi connectivity index (χ0) is 11.0. The largest absolute Gasteiger partial charge is 0.399 e. The molecule has 3 amide bonds. The van der Waals surface area contributed by atoms with E-state index in [9.17, 15) is 14.0 Å². The van der Waals surface area contributed by atoms with Gasteiger partial charge in [0.1, 0.15) is 5.82 Å². The lowest BCUT2D eigenvalue weighted by molar-refractivity contribution is -0.115. The van der Waals surface area contributed by atoms with Gasteiger partial charge in [-0.2, -0.15) is 0 Å². The number of anilines is 2. The Bertz CT molecular complexity index is 411. The molecule has 1 saturated heterocycles. The number of nitrogens with one attached hydrogen (secondary N) is 1. The van der Waals surface area contributed by atoms with Gasteiger partial charge in [0.15, 0.2) is 0 Å². The maximum absolute atomic E-state index is 13.0. The first kappa shape index (κ1) is 9.45. The minimum Gasteiger partial charge on any atom is -0.399 e. The van der Waals surface area contributed by atoms with Crippen molar-refractivity contribution in [1.29, 1.82) is 0 Å². The van der Waals surface area contributed by atoms with E-state index in [4.69, 9.17) is 5.73 Å². The fraction of sp³-hybridized carbons (Fsp3) is 0.111. The maximum Gasteiger partial charge on any atom is 0.329 e. The van der Waals surface area contributed by atoms with Gasteiger partial charge in [0.25, 0.3) is 5.91 Å². The Morgan fingerprint density at radius 3 is 2.60 bits per heavy atom. The molecular weight excluding hydrogens is 201 g/mol. The highest BCUT2D eigenvalue weighted by Crippen LogP contribution is 2.21. The van der Waals surface area contributed by atoms with Crippen molar-refractivity contribution in [1.82, 2.24) is 5.32 Å². The lowest BCUT2D eigenvalue weighted by Crippen LogP contribution is -2.30. The van der Waals surface area contributed by atoms with Crippen LogP contribution in [0.2, 0.25) is 0 Å². The molecule has 1 aliphatic heterocycles. The van der Waals surface area contributed by atoms with Crippen molar-refractivity contribution in [2.24, 2.45) is 0 Å². The zero-order valence-electron chi connectivity index (χ0n) is 7.66. The van der Waals surface area contributed by atoms with Crippen molar-refractivity contribution >= 4 is 23.3 Å². The van der Waals surface area contributed by atoms with Gasteiger partial charge in [0, 0.05) is 5.69 Å². The van der Waals surface area contributed by atoms with E-state index in [1.807, 2.05) is 0 Å². The summed E-state index contributed by atoms with van der Waals surface area (Å²) in [6.45, 7) is -0.0742. The van der Waals surface area contributed by atoms with E-state index < -0.39 is 17.8 Å². The van der Waals surface area contributed by atoms with Gasteiger partial charge in [-0.1, -0.05) is 0 Å². The van der Waals surface area contributed by atoms with E-state index >= 15 is 0 Å². The molecule has 15 heavy (non-hydrogen) atoms. The number of hydrogen-bond donors (Lipinski definition) is 2. The van der Waals surface area contributed by atoms with E-state index in [2.05, 4.69) is 5.32 Å². The monoisotopic (exact) mass is 209 g/mol. The molecule has 78 valence electrons. The summed E-state index contributed by atoms with van der Waals surface area (Å²) in [7, 11) is 0. The number of nitrogens with two attached hydrogens (primary N) is 1. The van der Waals surface area contributed by atoms with Gasteiger partial charge in [0.05, 0.1) is 12.2 Å². The quantitative estimate of drug-likeness (QED) is 0.521. The van der Waals surface area contributed by atoms with Crippen molar-refractivity contribution in [3.05, 3.63) is 24.0 Å². The molecule has 3 N–H and O–H groups in total. The SMILES string of the molecule is Nc1cc(F)cc(N2C(=O)CNC2=O)c1. The third kappa shape index (κ3) is 1.61. The standard InChI is InChI=1S/C9H8FN3O2/c10-5-1-6(11)3-7(2-5)13-8(14)4-12-9(13)15/h1-3H,4,11H2,(H,12,15). The zero-order valence-corrected chi connectivity index (χ0v) is 7.66. The van der Waals surface area contributed by atoms with E-state index in [-0.39, 0.29) is 17.9 Å². The van der Waals surface area contributed by atoms with Gasteiger partial charge in [-0.15, -0.1) is 0 Å². The molecule has 5 nitrogen and oxygen atoms in total. The van der Waals surface area contributed by atoms with Gasteiger partial charge in [-0.3, -0.25) is 4.79 Å². The molecule has 0 aromatic heterocycles. The van der Waals surface area contributed by atoms with Gasteiger partial charge >= 0.3 is 6.03 Å². The number of nitrogens with zero attached hydrogens (tertiary/aromatic N) is 1. The molecule has 1 aromatic rings. The average Bonchev–Trinajstić information content (AvgIpc) is 2.44. The summed E-state index contributed by atoms with van der Waals surface area (Å²) in [4.78, 5) is 23.4. The first-order valence-electron chi connectivity index (χ1n) is 4.25. The Morgan fingerprint density at radius 1 is 1.33 bits per heavy atom. The summed E-state index contributed by atoms with van der Waals surface area (Å²) in [6, 6.07) is 3.00. The highest BCUT2D eigenvalue weighted by Gasteiger charge is 2.30. The summed E-state index contributed by atoms with van der Waals surface area (Å²) in [5, 5.41) is 2.33. The predicted octanol–water partition coefficient (Wildman–Crippen LogP) is 0.464. The molecule has 0 saturated carbocycles. The van der Waals surface area contributed by atoms with Gasteiger partial charge in [-0.05, 0) is 18.2 Å². The molecule has 1 heterocycles. The van der Waals surface area contributed by atoms with Gasteiger partial charge in [0.2, 0.25) is 0 Å². The number of carbonyl (C=O) groups is 2. The Kier molecular flexibility index (Phi) is 2.03. The number of rotatable bonds is 1. The second kappa shape index (κ2) is 3.23. The lowest BCUT2D eigenvalue weighted by atomic mass is 10.2. The number of imide groups is 1. The number of amides is 3. The van der Waals surface area contributed by atoms with E-state index in [0.717, 1.165) is 17.0 Å². The Labute approximate surface area is 84.7 Å². The van der Waals surface area contributed by atoms with Crippen LogP contribution in [0.25, 0.3) is 0 Å². The van der Waals surface area contributed by atoms with Crippen LogP contribution in [0.1, 0.15) is 0 Å². The molecule has 2 rings (SSSR count). The molecule has 6 heteroatoms. The molecular formula is C9H8FN3O2. The van der Waals surface area contributed by atoms with Crippen LogP contribution in [0.5, 0.6) is 0 Å². The topological polar surface area (TPSA) is 75.4 Å². The number of nitrogen functional groups attached to an aromatic ring is 1. The fourth-order valence-electron chi connectivity index (χ4n) is 1.41. The highest BCUT2D eigenvalue weighted by atomic mass is 19.1. The summed E-state index contributed by atoms with van der Waals surface area (Å²) >= 11 is 0. The van der Waals surface area contributed by atoms with E-state index in [1.165, 1.54) is 6.07 Å². The minimum absolute atomic E-state index is 0.0742. The summed E-state index contributed by atoms with van der Waals surface area (Å²) in [6.07, 6.45) is 0. The smallest absolute Gasteiger partial charge is 0.329 e. The van der Waals surface area contributed by atoms with Crippen LogP contribution in [0, 0.1) is 5.82 Å². The molecule has 0 aliphatic carbocycles. The second-order valence-corrected chi connectivity index (χ2v) is 3.13. The maximum atomic E-state index is 13.0. The Morgan fingerprint density at radius 2 is 2.07 bits per heavy atom. The molecule has 0 spiro atoms. The minimum atomic E-state index is -0.586. The first-order valence-corrected chi connectivity index (χ1v) is 4.25. The van der Waals surface area contributed by atoms with Crippen LogP contribution in [0.3, 0.4) is 0 Å². The molecule has 0 atom stereocenters. The molecule has 0 unspecified atom stereocenters. The van der Waals surface area contributed by atoms with Crippen LogP contribution in [0.15, 0.2) is 18.2 Å². The van der Waals surface area contributed by atoms with Gasteiger partial charge < -0.3 is 11.1 Å². The van der Waals surface area contributed by atoms with Crippen LogP contribution in [0.4, 0.5) is 20.6 Å². The molecule has 1 fully saturated rings. The third-order valence-electron chi connectivity index (χ3n) is 2.01. The van der Waals surface area contributed by atoms with Crippen molar-refractivity contribution in [2.75, 3.05) is 17.2 Å². The fourth-order valence-corrected chi connectivity index (χ4v) is 1.41. The van der Waals surface area contributed by atoms with Crippen molar-refractivity contribution in [3.8, 4) is 0 Å². The van der Waals surface area contributed by atoms with Crippen LogP contribution in [-0.4, -0.2) is 18.5 Å². The number of benzene rings is 1. The normalized spacial score (nSPS) is 15.7. The summed E-state index contributed by atoms with van der Waals surface area (Å²) in [5.74, 6) is -1.01. The van der Waals surface area contributed by atoms with E-state index in [1.54, 1.807) is 0 Å². The summed E-state index contributed by atoms with van der Waals surface area (Å²) < 4.78 is 13.0. The van der Waals surface area contributed by atoms with Crippen LogP contribution in [-0.2, 0) is 4.79 Å². The average molecular weight is 209 g/mol. The van der Waals surface area contributed by atoms with Crippen LogP contribution >= 0.6 is 0 Å².